The van der Waals surface area contributed by atoms with Crippen molar-refractivity contribution in [2.45, 2.75) is 6.42 Å². The van der Waals surface area contributed by atoms with Gasteiger partial charge < -0.3 is 0 Å². The van der Waals surface area contributed by atoms with Crippen LogP contribution in [0.25, 0.3) is 0 Å². The molecule has 0 aliphatic heterocycles. The zero-order valence-electron chi connectivity index (χ0n) is 8.76. The molecular weight excluding hydrogens is 263 g/mol. The molecular formula is C13H13AsO2. The third-order valence-electron chi connectivity index (χ3n) is 2.49. The van der Waals surface area contributed by atoms with Gasteiger partial charge in [-0.1, -0.05) is 0 Å². The normalized spacial score (nSPS) is 12.3. The van der Waals surface area contributed by atoms with Crippen molar-refractivity contribution in [3.8, 4) is 0 Å². The van der Waals surface area contributed by atoms with E-state index in [9.17, 15) is 7.84 Å². The van der Waals surface area contributed by atoms with E-state index >= 15 is 0 Å². The van der Waals surface area contributed by atoms with Crippen LogP contribution >= 0.6 is 0 Å². The standard InChI is InChI=1S/C13H13AsO2/c15-14(16)13-9-5-4-8-12(13)10-11-6-2-1-3-7-11/h1-9,14H,10H2,(H,15,16). The van der Waals surface area contributed by atoms with E-state index in [1.165, 1.54) is 0 Å². The summed E-state index contributed by atoms with van der Waals surface area (Å²) >= 11 is -3.22. The van der Waals surface area contributed by atoms with Crippen molar-refractivity contribution in [1.29, 1.82) is 0 Å². The van der Waals surface area contributed by atoms with Crippen LogP contribution in [0.3, 0.4) is 0 Å². The summed E-state index contributed by atoms with van der Waals surface area (Å²) in [6.45, 7) is 0. The summed E-state index contributed by atoms with van der Waals surface area (Å²) in [7, 11) is 0. The minimum atomic E-state index is -3.22. The quantitative estimate of drug-likeness (QED) is 0.853. The first-order chi connectivity index (χ1) is 7.77. The van der Waals surface area contributed by atoms with Gasteiger partial charge in [-0.15, -0.1) is 0 Å². The minimum absolute atomic E-state index is 0.631. The van der Waals surface area contributed by atoms with Crippen LogP contribution in [0.15, 0.2) is 54.6 Å². The SMILES string of the molecule is O=[AsH](O)c1ccccc1Cc1ccccc1. The van der Waals surface area contributed by atoms with Crippen LogP contribution in [-0.2, 0) is 10.2 Å². The second-order valence-corrected chi connectivity index (χ2v) is 6.04. The van der Waals surface area contributed by atoms with Gasteiger partial charge in [0.2, 0.25) is 0 Å². The van der Waals surface area contributed by atoms with Gasteiger partial charge in [0.1, 0.15) is 0 Å². The number of hydrogen-bond acceptors (Lipinski definition) is 1. The summed E-state index contributed by atoms with van der Waals surface area (Å²) in [6.07, 6.45) is 0.719. The third kappa shape index (κ3) is 2.66. The second kappa shape index (κ2) is 5.20. The summed E-state index contributed by atoms with van der Waals surface area (Å²) in [6, 6.07) is 17.4. The van der Waals surface area contributed by atoms with E-state index in [1.54, 1.807) is 6.07 Å². The van der Waals surface area contributed by atoms with Gasteiger partial charge in [0.05, 0.1) is 0 Å². The molecule has 82 valence electrons. The van der Waals surface area contributed by atoms with Crippen LogP contribution in [0.2, 0.25) is 0 Å². The van der Waals surface area contributed by atoms with E-state index in [0.717, 1.165) is 17.5 Å². The Kier molecular flexibility index (Phi) is 3.65. The Morgan fingerprint density at radius 2 is 1.56 bits per heavy atom. The van der Waals surface area contributed by atoms with Crippen molar-refractivity contribution in [3.05, 3.63) is 65.7 Å². The van der Waals surface area contributed by atoms with Crippen molar-refractivity contribution in [2.24, 2.45) is 0 Å². The van der Waals surface area contributed by atoms with E-state index in [2.05, 4.69) is 0 Å². The molecule has 2 nitrogen and oxygen atoms in total. The fourth-order valence-corrected chi connectivity index (χ4v) is 3.14. The molecule has 1 unspecified atom stereocenters. The topological polar surface area (TPSA) is 37.3 Å². The predicted molar refractivity (Wildman–Crippen MR) is 65.4 cm³/mol. The van der Waals surface area contributed by atoms with Crippen molar-refractivity contribution in [2.75, 3.05) is 0 Å². The summed E-state index contributed by atoms with van der Waals surface area (Å²) in [4.78, 5) is 0. The molecule has 0 saturated heterocycles. The first kappa shape index (κ1) is 11.2. The van der Waals surface area contributed by atoms with Crippen LogP contribution in [0.5, 0.6) is 0 Å². The molecule has 0 heterocycles. The van der Waals surface area contributed by atoms with Gasteiger partial charge >= 0.3 is 99.3 Å². The molecule has 2 aromatic rings. The van der Waals surface area contributed by atoms with Crippen LogP contribution in [-0.4, -0.2) is 19.0 Å². The number of rotatable bonds is 3. The molecule has 0 aliphatic rings. The molecule has 0 spiro atoms. The van der Waals surface area contributed by atoms with E-state index in [4.69, 9.17) is 0 Å². The molecule has 0 fully saturated rings. The Morgan fingerprint density at radius 1 is 0.938 bits per heavy atom. The van der Waals surface area contributed by atoms with Gasteiger partial charge in [0, 0.05) is 0 Å². The average Bonchev–Trinajstić information content (AvgIpc) is 2.31. The first-order valence-corrected chi connectivity index (χ1v) is 7.97. The Morgan fingerprint density at radius 3 is 2.25 bits per heavy atom. The maximum atomic E-state index is 11.3. The molecule has 0 saturated carbocycles. The van der Waals surface area contributed by atoms with Gasteiger partial charge in [-0.3, -0.25) is 0 Å². The fraction of sp³-hybridized carbons (Fsp3) is 0.0769. The first-order valence-electron chi connectivity index (χ1n) is 5.12. The summed E-state index contributed by atoms with van der Waals surface area (Å²) in [5.74, 6) is 0. The molecule has 1 N–H and O–H groups in total. The van der Waals surface area contributed by atoms with Gasteiger partial charge in [0.15, 0.2) is 0 Å². The van der Waals surface area contributed by atoms with Crippen molar-refractivity contribution < 1.29 is 7.84 Å². The zero-order valence-corrected chi connectivity index (χ0v) is 10.9. The van der Waals surface area contributed by atoms with Gasteiger partial charge in [-0.25, -0.2) is 0 Å². The summed E-state index contributed by atoms with van der Waals surface area (Å²) in [5.41, 5.74) is 2.12. The maximum absolute atomic E-state index is 11.3. The molecule has 2 aromatic carbocycles. The Bertz CT molecular complexity index is 494. The van der Waals surface area contributed by atoms with E-state index in [1.807, 2.05) is 48.5 Å². The Hall–Kier alpha value is -1.24. The second-order valence-electron chi connectivity index (χ2n) is 3.62. The van der Waals surface area contributed by atoms with Crippen LogP contribution in [0, 0.1) is 0 Å². The van der Waals surface area contributed by atoms with Gasteiger partial charge in [-0.05, 0) is 0 Å². The van der Waals surface area contributed by atoms with Crippen molar-refractivity contribution in [3.63, 3.8) is 0 Å². The fourth-order valence-electron chi connectivity index (χ4n) is 1.70. The van der Waals surface area contributed by atoms with Crippen LogP contribution in [0.1, 0.15) is 11.1 Å². The molecule has 16 heavy (non-hydrogen) atoms. The molecule has 0 bridgehead atoms. The molecule has 0 aliphatic carbocycles. The average molecular weight is 276 g/mol. The monoisotopic (exact) mass is 276 g/mol. The van der Waals surface area contributed by atoms with E-state index < -0.39 is 14.9 Å². The molecule has 0 amide bonds. The third-order valence-corrected chi connectivity index (χ3v) is 4.48. The molecule has 0 aromatic heterocycles. The molecule has 3 heteroatoms. The van der Waals surface area contributed by atoms with Crippen molar-refractivity contribution in [1.82, 2.24) is 0 Å². The van der Waals surface area contributed by atoms with E-state index in [-0.39, 0.29) is 0 Å². The van der Waals surface area contributed by atoms with Crippen LogP contribution in [0.4, 0.5) is 0 Å². The van der Waals surface area contributed by atoms with Crippen LogP contribution < -0.4 is 4.35 Å². The predicted octanol–water partition coefficient (Wildman–Crippen LogP) is 1.13. The summed E-state index contributed by atoms with van der Waals surface area (Å²) in [5, 5.41) is 0. The van der Waals surface area contributed by atoms with Gasteiger partial charge in [-0.2, -0.15) is 0 Å². The van der Waals surface area contributed by atoms with Crippen molar-refractivity contribution >= 4 is 19.3 Å². The molecule has 2 rings (SSSR count). The molecule has 1 atom stereocenters. The Labute approximate surface area is 99.4 Å². The van der Waals surface area contributed by atoms with E-state index in [0.29, 0.717) is 4.35 Å². The molecule has 0 radical (unpaired) electrons. The number of benzene rings is 2. The zero-order chi connectivity index (χ0) is 11.4. The summed E-state index contributed by atoms with van der Waals surface area (Å²) < 4.78 is 21.2. The van der Waals surface area contributed by atoms with Gasteiger partial charge in [0.25, 0.3) is 0 Å². The number of hydrogen-bond donors (Lipinski definition) is 1. The Balaban J connectivity index is 2.31.